The van der Waals surface area contributed by atoms with E-state index in [0.717, 1.165) is 11.1 Å². The van der Waals surface area contributed by atoms with Crippen LogP contribution in [0.15, 0.2) is 42.5 Å². The van der Waals surface area contributed by atoms with Gasteiger partial charge in [0.15, 0.2) is 0 Å². The van der Waals surface area contributed by atoms with Crippen molar-refractivity contribution in [1.29, 1.82) is 0 Å². The molecule has 0 radical (unpaired) electrons. The fraction of sp³-hybridized carbons (Fsp3) is 0.143. The molecule has 4 heteroatoms. The van der Waals surface area contributed by atoms with Crippen LogP contribution in [0.5, 0.6) is 0 Å². The summed E-state index contributed by atoms with van der Waals surface area (Å²) in [6.07, 6.45) is 0.474. The minimum atomic E-state index is -0.335. The van der Waals surface area contributed by atoms with Gasteiger partial charge < -0.3 is 5.73 Å². The topological polar surface area (TPSA) is 26.0 Å². The van der Waals surface area contributed by atoms with Crippen molar-refractivity contribution in [3.63, 3.8) is 0 Å². The summed E-state index contributed by atoms with van der Waals surface area (Å²) in [6, 6.07) is 11.2. The lowest BCUT2D eigenvalue weighted by Gasteiger charge is -2.14. The van der Waals surface area contributed by atoms with E-state index in [1.807, 2.05) is 0 Å². The molecule has 0 fully saturated rings. The third-order valence-electron chi connectivity index (χ3n) is 2.76. The van der Waals surface area contributed by atoms with Gasteiger partial charge in [0.25, 0.3) is 0 Å². The molecule has 2 rings (SSSR count). The van der Waals surface area contributed by atoms with Crippen LogP contribution in [0.3, 0.4) is 0 Å². The predicted molar refractivity (Wildman–Crippen MR) is 73.5 cm³/mol. The lowest BCUT2D eigenvalue weighted by atomic mass is 9.99. The van der Waals surface area contributed by atoms with Gasteiger partial charge in [0.2, 0.25) is 0 Å². The van der Waals surface area contributed by atoms with E-state index in [1.54, 1.807) is 30.3 Å². The van der Waals surface area contributed by atoms with E-state index in [1.165, 1.54) is 12.1 Å². The third kappa shape index (κ3) is 3.02. The summed E-state index contributed by atoms with van der Waals surface area (Å²) in [6.45, 7) is 0. The zero-order valence-electron chi connectivity index (χ0n) is 9.54. The van der Waals surface area contributed by atoms with Crippen molar-refractivity contribution in [3.8, 4) is 0 Å². The van der Waals surface area contributed by atoms with Crippen LogP contribution in [-0.2, 0) is 6.42 Å². The first-order valence-electron chi connectivity index (χ1n) is 5.52. The predicted octanol–water partition coefficient (Wildman–Crippen LogP) is 4.38. The highest BCUT2D eigenvalue weighted by Crippen LogP contribution is 2.28. The molecule has 0 aromatic heterocycles. The van der Waals surface area contributed by atoms with Gasteiger partial charge in [0.05, 0.1) is 0 Å². The van der Waals surface area contributed by atoms with Crippen LogP contribution < -0.4 is 5.73 Å². The zero-order chi connectivity index (χ0) is 13.1. The Kier molecular flexibility index (Phi) is 4.23. The summed E-state index contributed by atoms with van der Waals surface area (Å²) in [5.74, 6) is -0.298. The highest BCUT2D eigenvalue weighted by Gasteiger charge is 2.12. The van der Waals surface area contributed by atoms with Crippen molar-refractivity contribution in [3.05, 3.63) is 69.5 Å². The number of nitrogens with two attached hydrogens (primary N) is 1. The summed E-state index contributed by atoms with van der Waals surface area (Å²) >= 11 is 12.2. The Morgan fingerprint density at radius 1 is 1.06 bits per heavy atom. The van der Waals surface area contributed by atoms with Crippen LogP contribution in [0.4, 0.5) is 4.39 Å². The molecule has 0 saturated heterocycles. The molecule has 0 spiro atoms. The molecule has 0 aliphatic rings. The van der Waals surface area contributed by atoms with E-state index in [-0.39, 0.29) is 11.9 Å². The number of rotatable bonds is 3. The SMILES string of the molecule is NC(Cc1c(Cl)cccc1Cl)c1cccc(F)c1. The molecule has 2 N–H and O–H groups in total. The van der Waals surface area contributed by atoms with E-state index in [2.05, 4.69) is 0 Å². The fourth-order valence-electron chi connectivity index (χ4n) is 1.80. The molecule has 0 aliphatic heterocycles. The molecule has 94 valence electrons. The van der Waals surface area contributed by atoms with Gasteiger partial charge in [-0.1, -0.05) is 41.4 Å². The molecular formula is C14H12Cl2FN. The minimum absolute atomic E-state index is 0.298. The number of benzene rings is 2. The van der Waals surface area contributed by atoms with Crippen LogP contribution in [0.25, 0.3) is 0 Å². The average Bonchev–Trinajstić information content (AvgIpc) is 2.34. The Labute approximate surface area is 115 Å². The summed E-state index contributed by atoms with van der Waals surface area (Å²) < 4.78 is 13.1. The largest absolute Gasteiger partial charge is 0.324 e. The van der Waals surface area contributed by atoms with E-state index < -0.39 is 0 Å². The Morgan fingerprint density at radius 2 is 1.67 bits per heavy atom. The van der Waals surface area contributed by atoms with Crippen LogP contribution in [0.1, 0.15) is 17.2 Å². The molecule has 2 aromatic rings. The maximum Gasteiger partial charge on any atom is 0.123 e. The van der Waals surface area contributed by atoms with Gasteiger partial charge in [-0.3, -0.25) is 0 Å². The molecule has 0 bridgehead atoms. The Bertz CT molecular complexity index is 537. The van der Waals surface area contributed by atoms with Crippen LogP contribution in [0.2, 0.25) is 10.0 Å². The first kappa shape index (κ1) is 13.3. The zero-order valence-corrected chi connectivity index (χ0v) is 11.0. The maximum absolute atomic E-state index is 13.1. The number of hydrogen-bond donors (Lipinski definition) is 1. The van der Waals surface area contributed by atoms with Crippen LogP contribution in [-0.4, -0.2) is 0 Å². The Morgan fingerprint density at radius 3 is 2.28 bits per heavy atom. The monoisotopic (exact) mass is 283 g/mol. The highest BCUT2D eigenvalue weighted by atomic mass is 35.5. The second kappa shape index (κ2) is 5.70. The smallest absolute Gasteiger partial charge is 0.123 e. The molecular weight excluding hydrogens is 272 g/mol. The first-order chi connectivity index (χ1) is 8.58. The molecule has 1 unspecified atom stereocenters. The van der Waals surface area contributed by atoms with E-state index in [9.17, 15) is 4.39 Å². The summed E-state index contributed by atoms with van der Waals surface area (Å²) in [7, 11) is 0. The van der Waals surface area contributed by atoms with Gasteiger partial charge in [-0.2, -0.15) is 0 Å². The molecule has 0 aliphatic carbocycles. The third-order valence-corrected chi connectivity index (χ3v) is 3.47. The van der Waals surface area contributed by atoms with E-state index in [4.69, 9.17) is 28.9 Å². The van der Waals surface area contributed by atoms with Crippen LogP contribution in [0, 0.1) is 5.82 Å². The van der Waals surface area contributed by atoms with Gasteiger partial charge in [-0.05, 0) is 41.8 Å². The quantitative estimate of drug-likeness (QED) is 0.889. The van der Waals surface area contributed by atoms with Gasteiger partial charge in [0.1, 0.15) is 5.82 Å². The molecule has 1 atom stereocenters. The van der Waals surface area contributed by atoms with Crippen molar-refractivity contribution in [2.75, 3.05) is 0 Å². The summed E-state index contributed by atoms with van der Waals surface area (Å²) in [4.78, 5) is 0. The van der Waals surface area contributed by atoms with Crippen molar-refractivity contribution < 1.29 is 4.39 Å². The summed E-state index contributed by atoms with van der Waals surface area (Å²) in [5, 5.41) is 1.16. The van der Waals surface area contributed by atoms with Crippen molar-refractivity contribution in [2.24, 2.45) is 5.73 Å². The van der Waals surface area contributed by atoms with Gasteiger partial charge in [0, 0.05) is 16.1 Å². The van der Waals surface area contributed by atoms with Crippen LogP contribution >= 0.6 is 23.2 Å². The molecule has 1 nitrogen and oxygen atoms in total. The van der Waals surface area contributed by atoms with Gasteiger partial charge in [-0.25, -0.2) is 4.39 Å². The second-order valence-corrected chi connectivity index (χ2v) is 4.88. The van der Waals surface area contributed by atoms with Crippen molar-refractivity contribution in [2.45, 2.75) is 12.5 Å². The van der Waals surface area contributed by atoms with Gasteiger partial charge in [-0.15, -0.1) is 0 Å². The number of hydrogen-bond acceptors (Lipinski definition) is 1. The molecule has 0 saturated carbocycles. The molecule has 0 amide bonds. The Hall–Kier alpha value is -1.09. The van der Waals surface area contributed by atoms with Crippen molar-refractivity contribution in [1.82, 2.24) is 0 Å². The fourth-order valence-corrected chi connectivity index (χ4v) is 2.35. The molecule has 18 heavy (non-hydrogen) atoms. The lowest BCUT2D eigenvalue weighted by molar-refractivity contribution is 0.618. The van der Waals surface area contributed by atoms with E-state index in [0.29, 0.717) is 16.5 Å². The van der Waals surface area contributed by atoms with Gasteiger partial charge >= 0.3 is 0 Å². The minimum Gasteiger partial charge on any atom is -0.324 e. The van der Waals surface area contributed by atoms with E-state index >= 15 is 0 Å². The average molecular weight is 284 g/mol. The lowest BCUT2D eigenvalue weighted by Crippen LogP contribution is -2.14. The second-order valence-electron chi connectivity index (χ2n) is 4.07. The highest BCUT2D eigenvalue weighted by molar-refractivity contribution is 6.36. The summed E-state index contributed by atoms with van der Waals surface area (Å²) in [5.41, 5.74) is 7.57. The molecule has 2 aromatic carbocycles. The normalized spacial score (nSPS) is 12.4. The maximum atomic E-state index is 13.1. The molecule has 0 heterocycles. The first-order valence-corrected chi connectivity index (χ1v) is 6.27. The van der Waals surface area contributed by atoms with Crippen molar-refractivity contribution >= 4 is 23.2 Å². The Balaban J connectivity index is 2.24. The standard InChI is InChI=1S/C14H12Cl2FN/c15-12-5-2-6-13(16)11(12)8-14(18)9-3-1-4-10(17)7-9/h1-7,14H,8,18H2. The number of halogens is 3.